The molecule has 1 N–H and O–H groups in total. The van der Waals surface area contributed by atoms with Gasteiger partial charge in [-0.05, 0) is 20.8 Å². The number of nitrogens with one attached hydrogen (secondary N) is 1. The van der Waals surface area contributed by atoms with E-state index in [2.05, 4.69) is 24.1 Å². The number of ether oxygens (including phenoxy) is 2. The first-order valence-electron chi connectivity index (χ1n) is 5.71. The maximum Gasteiger partial charge on any atom is 0.115 e. The van der Waals surface area contributed by atoms with E-state index in [1.165, 1.54) is 4.88 Å². The van der Waals surface area contributed by atoms with E-state index in [1.54, 1.807) is 25.6 Å². The Balaban J connectivity index is 2.82. The summed E-state index contributed by atoms with van der Waals surface area (Å²) in [7, 11) is 3.41. The average molecular weight is 258 g/mol. The van der Waals surface area contributed by atoms with Crippen LogP contribution in [-0.4, -0.2) is 39.0 Å². The fourth-order valence-electron chi connectivity index (χ4n) is 1.61. The first-order chi connectivity index (χ1) is 8.03. The number of nitrogens with zero attached hydrogens (tertiary/aromatic N) is 1. The highest BCUT2D eigenvalue weighted by molar-refractivity contribution is 7.11. The molecule has 1 atom stereocenters. The van der Waals surface area contributed by atoms with Crippen LogP contribution in [0.3, 0.4) is 0 Å². The van der Waals surface area contributed by atoms with Gasteiger partial charge < -0.3 is 14.8 Å². The average Bonchev–Trinajstić information content (AvgIpc) is 2.61. The molecule has 0 aromatic carbocycles. The summed E-state index contributed by atoms with van der Waals surface area (Å²) in [6, 6.07) is 0. The van der Waals surface area contributed by atoms with Crippen molar-refractivity contribution in [3.05, 3.63) is 15.6 Å². The molecule has 0 aliphatic heterocycles. The van der Waals surface area contributed by atoms with Gasteiger partial charge in [-0.1, -0.05) is 0 Å². The van der Waals surface area contributed by atoms with Crippen LogP contribution in [0.15, 0.2) is 0 Å². The summed E-state index contributed by atoms with van der Waals surface area (Å²) in [5.74, 6) is 0. The van der Waals surface area contributed by atoms with Crippen LogP contribution in [0.1, 0.15) is 22.5 Å². The molecule has 0 fully saturated rings. The molecule has 1 rings (SSSR count). The Morgan fingerprint density at radius 1 is 1.29 bits per heavy atom. The number of methoxy groups -OCH3 is 2. The van der Waals surface area contributed by atoms with Crippen molar-refractivity contribution in [3.63, 3.8) is 0 Å². The molecule has 1 unspecified atom stereocenters. The largest absolute Gasteiger partial charge is 0.383 e. The Kier molecular flexibility index (Phi) is 5.52. The fourth-order valence-corrected chi connectivity index (χ4v) is 2.64. The van der Waals surface area contributed by atoms with Crippen LogP contribution < -0.4 is 5.32 Å². The van der Waals surface area contributed by atoms with E-state index in [1.807, 2.05) is 6.92 Å². The number of rotatable bonds is 7. The van der Waals surface area contributed by atoms with E-state index in [0.717, 1.165) is 17.2 Å². The summed E-state index contributed by atoms with van der Waals surface area (Å²) in [6.45, 7) is 8.32. The van der Waals surface area contributed by atoms with Gasteiger partial charge in [0.2, 0.25) is 0 Å². The molecule has 1 aromatic heterocycles. The third-order valence-electron chi connectivity index (χ3n) is 2.75. The summed E-state index contributed by atoms with van der Waals surface area (Å²) < 4.78 is 10.4. The minimum Gasteiger partial charge on any atom is -0.383 e. The zero-order chi connectivity index (χ0) is 12.9. The lowest BCUT2D eigenvalue weighted by Gasteiger charge is -2.28. The molecule has 1 heterocycles. The Labute approximate surface area is 107 Å². The van der Waals surface area contributed by atoms with Crippen molar-refractivity contribution < 1.29 is 9.47 Å². The third kappa shape index (κ3) is 3.74. The van der Waals surface area contributed by atoms with Gasteiger partial charge in [0.1, 0.15) is 5.01 Å². The van der Waals surface area contributed by atoms with Gasteiger partial charge in [0.25, 0.3) is 0 Å². The SMILES string of the molecule is COCCNC(C)(COC)c1nc(C)c(C)s1. The molecule has 0 saturated heterocycles. The number of aromatic nitrogens is 1. The molecule has 0 amide bonds. The van der Waals surface area contributed by atoms with Gasteiger partial charge in [-0.15, -0.1) is 11.3 Å². The van der Waals surface area contributed by atoms with Crippen LogP contribution in [-0.2, 0) is 15.0 Å². The zero-order valence-electron chi connectivity index (χ0n) is 11.3. The van der Waals surface area contributed by atoms with Crippen LogP contribution in [0.5, 0.6) is 0 Å². The predicted octanol–water partition coefficient (Wildman–Crippen LogP) is 1.86. The highest BCUT2D eigenvalue weighted by atomic mass is 32.1. The van der Waals surface area contributed by atoms with Gasteiger partial charge >= 0.3 is 0 Å². The Morgan fingerprint density at radius 3 is 2.47 bits per heavy atom. The lowest BCUT2D eigenvalue weighted by atomic mass is 10.1. The van der Waals surface area contributed by atoms with Crippen molar-refractivity contribution in [2.75, 3.05) is 34.0 Å². The minimum atomic E-state index is -0.239. The topological polar surface area (TPSA) is 43.4 Å². The minimum absolute atomic E-state index is 0.239. The number of thiazole rings is 1. The second-order valence-electron chi connectivity index (χ2n) is 4.35. The van der Waals surface area contributed by atoms with E-state index in [4.69, 9.17) is 9.47 Å². The van der Waals surface area contributed by atoms with Crippen molar-refractivity contribution in [3.8, 4) is 0 Å². The monoisotopic (exact) mass is 258 g/mol. The van der Waals surface area contributed by atoms with Crippen LogP contribution in [0, 0.1) is 13.8 Å². The van der Waals surface area contributed by atoms with Gasteiger partial charge in [-0.25, -0.2) is 4.98 Å². The molecule has 0 bridgehead atoms. The molecule has 17 heavy (non-hydrogen) atoms. The van der Waals surface area contributed by atoms with Crippen molar-refractivity contribution in [2.24, 2.45) is 0 Å². The Bertz CT molecular complexity index is 335. The molecular formula is C12H22N2O2S. The molecule has 98 valence electrons. The number of aryl methyl sites for hydroxylation is 2. The molecule has 0 radical (unpaired) electrons. The molecule has 1 aromatic rings. The Hall–Kier alpha value is -0.490. The number of hydrogen-bond donors (Lipinski definition) is 1. The van der Waals surface area contributed by atoms with Crippen molar-refractivity contribution in [1.29, 1.82) is 0 Å². The highest BCUT2D eigenvalue weighted by Gasteiger charge is 2.29. The van der Waals surface area contributed by atoms with Gasteiger partial charge in [0.05, 0.1) is 24.4 Å². The second-order valence-corrected chi connectivity index (χ2v) is 5.55. The highest BCUT2D eigenvalue weighted by Crippen LogP contribution is 2.27. The van der Waals surface area contributed by atoms with Crippen LogP contribution in [0.2, 0.25) is 0 Å². The van der Waals surface area contributed by atoms with Crippen molar-refractivity contribution in [2.45, 2.75) is 26.3 Å². The first kappa shape index (κ1) is 14.6. The summed E-state index contributed by atoms with van der Waals surface area (Å²) in [4.78, 5) is 5.87. The maximum absolute atomic E-state index is 5.30. The van der Waals surface area contributed by atoms with E-state index < -0.39 is 0 Å². The quantitative estimate of drug-likeness (QED) is 0.758. The van der Waals surface area contributed by atoms with E-state index in [0.29, 0.717) is 13.2 Å². The van der Waals surface area contributed by atoms with Gasteiger partial charge in [0, 0.05) is 25.6 Å². The van der Waals surface area contributed by atoms with Crippen LogP contribution in [0.4, 0.5) is 0 Å². The molecule has 4 nitrogen and oxygen atoms in total. The lowest BCUT2D eigenvalue weighted by Crippen LogP contribution is -2.44. The maximum atomic E-state index is 5.30. The summed E-state index contributed by atoms with van der Waals surface area (Å²) >= 11 is 1.72. The summed E-state index contributed by atoms with van der Waals surface area (Å²) in [5, 5.41) is 4.53. The third-order valence-corrected chi connectivity index (χ3v) is 4.09. The zero-order valence-corrected chi connectivity index (χ0v) is 12.1. The van der Waals surface area contributed by atoms with Gasteiger partial charge in [-0.3, -0.25) is 0 Å². The molecule has 5 heteroatoms. The lowest BCUT2D eigenvalue weighted by molar-refractivity contribution is 0.108. The summed E-state index contributed by atoms with van der Waals surface area (Å²) in [6.07, 6.45) is 0. The normalized spacial score (nSPS) is 14.9. The molecule has 0 aliphatic rings. The predicted molar refractivity (Wildman–Crippen MR) is 70.7 cm³/mol. The van der Waals surface area contributed by atoms with Crippen LogP contribution in [0.25, 0.3) is 0 Å². The smallest absolute Gasteiger partial charge is 0.115 e. The van der Waals surface area contributed by atoms with Gasteiger partial charge in [0.15, 0.2) is 0 Å². The summed E-state index contributed by atoms with van der Waals surface area (Å²) in [5.41, 5.74) is 0.859. The van der Waals surface area contributed by atoms with Crippen molar-refractivity contribution >= 4 is 11.3 Å². The number of hydrogen-bond acceptors (Lipinski definition) is 5. The van der Waals surface area contributed by atoms with E-state index >= 15 is 0 Å². The van der Waals surface area contributed by atoms with Crippen LogP contribution >= 0.6 is 11.3 Å². The van der Waals surface area contributed by atoms with E-state index in [9.17, 15) is 0 Å². The molecule has 0 saturated carbocycles. The molecular weight excluding hydrogens is 236 g/mol. The Morgan fingerprint density at radius 2 is 2.00 bits per heavy atom. The standard InChI is InChI=1S/C12H22N2O2S/c1-9-10(2)17-11(14-9)12(3,8-16-5)13-6-7-15-4/h13H,6-8H2,1-5H3. The first-order valence-corrected chi connectivity index (χ1v) is 6.52. The molecule has 0 aliphatic carbocycles. The fraction of sp³-hybridized carbons (Fsp3) is 0.750. The van der Waals surface area contributed by atoms with Gasteiger partial charge in [-0.2, -0.15) is 0 Å². The van der Waals surface area contributed by atoms with Crippen molar-refractivity contribution in [1.82, 2.24) is 10.3 Å². The second kappa shape index (κ2) is 6.44. The van der Waals surface area contributed by atoms with E-state index in [-0.39, 0.29) is 5.54 Å². The molecule has 0 spiro atoms.